The average molecular weight is 304 g/mol. The summed E-state index contributed by atoms with van der Waals surface area (Å²) in [7, 11) is 0. The summed E-state index contributed by atoms with van der Waals surface area (Å²) in [6, 6.07) is 0. The predicted octanol–water partition coefficient (Wildman–Crippen LogP) is 2.59. The zero-order chi connectivity index (χ0) is 9.00. The lowest BCUT2D eigenvalue weighted by molar-refractivity contribution is 0.724. The van der Waals surface area contributed by atoms with Gasteiger partial charge in [-0.15, -0.1) is 0 Å². The van der Waals surface area contributed by atoms with Gasteiger partial charge < -0.3 is 0 Å². The van der Waals surface area contributed by atoms with Crippen LogP contribution in [0, 0.1) is 0 Å². The van der Waals surface area contributed by atoms with E-state index in [9.17, 15) is 0 Å². The molecule has 2 nitrogen and oxygen atoms in total. The Morgan fingerprint density at radius 1 is 1.00 bits per heavy atom. The third kappa shape index (κ3) is 0.988. The van der Waals surface area contributed by atoms with Crippen molar-refractivity contribution in [2.24, 2.45) is 0 Å². The highest BCUT2D eigenvalue weighted by Crippen LogP contribution is 2.56. The molecule has 4 atom stereocenters. The van der Waals surface area contributed by atoms with Crippen molar-refractivity contribution in [3.05, 3.63) is 23.8 Å². The molecular formula is C9H8Br2N2. The second-order valence-corrected chi connectivity index (χ2v) is 5.78. The summed E-state index contributed by atoms with van der Waals surface area (Å²) in [4.78, 5) is 9.89. The fourth-order valence-electron chi connectivity index (χ4n) is 2.43. The lowest BCUT2D eigenvalue weighted by atomic mass is 10.0. The Morgan fingerprint density at radius 3 is 1.92 bits per heavy atom. The minimum atomic E-state index is 0.529. The van der Waals surface area contributed by atoms with Crippen LogP contribution in [0.5, 0.6) is 0 Å². The van der Waals surface area contributed by atoms with Gasteiger partial charge in [-0.25, -0.2) is 0 Å². The molecule has 0 radical (unpaired) electrons. The van der Waals surface area contributed by atoms with Gasteiger partial charge in [0.25, 0.3) is 0 Å². The molecular weight excluding hydrogens is 296 g/mol. The first-order chi connectivity index (χ1) is 6.29. The largest absolute Gasteiger partial charge is 0.257 e. The molecule has 0 N–H and O–H groups in total. The minimum absolute atomic E-state index is 0.529. The monoisotopic (exact) mass is 302 g/mol. The zero-order valence-electron chi connectivity index (χ0n) is 6.82. The fraction of sp³-hybridized carbons (Fsp3) is 0.556. The Labute approximate surface area is 93.4 Å². The van der Waals surface area contributed by atoms with E-state index in [0.29, 0.717) is 21.5 Å². The fourth-order valence-corrected chi connectivity index (χ4v) is 4.10. The normalized spacial score (nSPS) is 40.8. The van der Waals surface area contributed by atoms with Crippen molar-refractivity contribution in [2.45, 2.75) is 27.9 Å². The molecule has 1 saturated carbocycles. The van der Waals surface area contributed by atoms with Gasteiger partial charge in [0, 0.05) is 33.9 Å². The molecule has 0 spiro atoms. The van der Waals surface area contributed by atoms with Gasteiger partial charge in [-0.3, -0.25) is 9.97 Å². The van der Waals surface area contributed by atoms with E-state index in [1.54, 1.807) is 12.4 Å². The Kier molecular flexibility index (Phi) is 1.78. The first-order valence-corrected chi connectivity index (χ1v) is 6.21. The number of nitrogens with zero attached hydrogens (tertiary/aromatic N) is 2. The molecule has 3 rings (SSSR count). The number of rotatable bonds is 0. The van der Waals surface area contributed by atoms with Crippen molar-refractivity contribution in [3.63, 3.8) is 0 Å². The number of fused-ring (bicyclic) bond motifs is 5. The summed E-state index contributed by atoms with van der Waals surface area (Å²) in [6.07, 6.45) is 4.79. The molecule has 4 heteroatoms. The van der Waals surface area contributed by atoms with Crippen LogP contribution in [0.25, 0.3) is 0 Å². The van der Waals surface area contributed by atoms with Crippen molar-refractivity contribution < 1.29 is 0 Å². The Bertz CT molecular complexity index is 322. The highest BCUT2D eigenvalue weighted by Gasteiger charge is 2.50. The lowest BCUT2D eigenvalue weighted by Crippen LogP contribution is -2.23. The summed E-state index contributed by atoms with van der Waals surface area (Å²) >= 11 is 7.43. The number of halogens is 2. The molecule has 1 fully saturated rings. The Balaban J connectivity index is 2.16. The van der Waals surface area contributed by atoms with Crippen LogP contribution in [-0.2, 0) is 0 Å². The molecule has 68 valence electrons. The molecule has 0 aromatic carbocycles. The minimum Gasteiger partial charge on any atom is -0.257 e. The van der Waals surface area contributed by atoms with Crippen molar-refractivity contribution in [3.8, 4) is 0 Å². The maximum atomic E-state index is 4.41. The second kappa shape index (κ2) is 2.76. The molecule has 13 heavy (non-hydrogen) atoms. The zero-order valence-corrected chi connectivity index (χ0v) is 9.99. The van der Waals surface area contributed by atoms with Crippen LogP contribution in [0.3, 0.4) is 0 Å². The summed E-state index contributed by atoms with van der Waals surface area (Å²) in [5, 5.41) is 0. The van der Waals surface area contributed by atoms with E-state index in [1.165, 1.54) is 17.8 Å². The number of hydrogen-bond acceptors (Lipinski definition) is 2. The van der Waals surface area contributed by atoms with E-state index in [1.807, 2.05) is 0 Å². The van der Waals surface area contributed by atoms with Gasteiger partial charge in [0.15, 0.2) is 0 Å². The van der Waals surface area contributed by atoms with Crippen LogP contribution in [-0.4, -0.2) is 19.6 Å². The number of hydrogen-bond donors (Lipinski definition) is 0. The van der Waals surface area contributed by atoms with Crippen molar-refractivity contribution in [1.29, 1.82) is 0 Å². The van der Waals surface area contributed by atoms with Crippen LogP contribution >= 0.6 is 31.9 Å². The van der Waals surface area contributed by atoms with Crippen LogP contribution in [0.2, 0.25) is 0 Å². The van der Waals surface area contributed by atoms with Crippen LogP contribution in [0.15, 0.2) is 12.4 Å². The molecule has 2 aliphatic carbocycles. The van der Waals surface area contributed by atoms with Crippen LogP contribution in [0.4, 0.5) is 0 Å². The molecule has 1 heterocycles. The third-order valence-electron chi connectivity index (χ3n) is 3.04. The maximum Gasteiger partial charge on any atom is 0.0664 e. The second-order valence-electron chi connectivity index (χ2n) is 3.66. The number of alkyl halides is 2. The van der Waals surface area contributed by atoms with E-state index in [-0.39, 0.29) is 0 Å². The maximum absolute atomic E-state index is 4.41. The van der Waals surface area contributed by atoms with Gasteiger partial charge in [0.05, 0.1) is 11.4 Å². The Hall–Kier alpha value is 0.0400. The van der Waals surface area contributed by atoms with Gasteiger partial charge in [0.1, 0.15) is 0 Å². The van der Waals surface area contributed by atoms with E-state index in [0.717, 1.165) is 0 Å². The van der Waals surface area contributed by atoms with E-state index in [4.69, 9.17) is 0 Å². The van der Waals surface area contributed by atoms with Crippen molar-refractivity contribution in [1.82, 2.24) is 9.97 Å². The first kappa shape index (κ1) is 8.36. The van der Waals surface area contributed by atoms with Crippen LogP contribution in [0.1, 0.15) is 29.6 Å². The van der Waals surface area contributed by atoms with E-state index in [2.05, 4.69) is 41.8 Å². The van der Waals surface area contributed by atoms with Gasteiger partial charge in [-0.1, -0.05) is 31.9 Å². The van der Waals surface area contributed by atoms with Gasteiger partial charge in [-0.2, -0.15) is 0 Å². The highest BCUT2D eigenvalue weighted by atomic mass is 79.9. The van der Waals surface area contributed by atoms with Crippen molar-refractivity contribution in [2.75, 3.05) is 0 Å². The molecule has 0 amide bonds. The lowest BCUT2D eigenvalue weighted by Gasteiger charge is -2.22. The van der Waals surface area contributed by atoms with Crippen molar-refractivity contribution >= 4 is 31.9 Å². The van der Waals surface area contributed by atoms with Crippen LogP contribution < -0.4 is 0 Å². The molecule has 1 aromatic rings. The Morgan fingerprint density at radius 2 is 1.46 bits per heavy atom. The van der Waals surface area contributed by atoms with E-state index < -0.39 is 0 Å². The summed E-state index contributed by atoms with van der Waals surface area (Å²) in [6.45, 7) is 0. The van der Waals surface area contributed by atoms with Gasteiger partial charge in [-0.05, 0) is 6.42 Å². The summed E-state index contributed by atoms with van der Waals surface area (Å²) < 4.78 is 0. The molecule has 1 aromatic heterocycles. The SMILES string of the molecule is Br[C@@H]1[C@@H](Br)[C@H]2C[C@@H]1c1nccnc12. The number of aromatic nitrogens is 2. The highest BCUT2D eigenvalue weighted by molar-refractivity contribution is 9.12. The molecule has 2 bridgehead atoms. The summed E-state index contributed by atoms with van der Waals surface area (Å²) in [5.41, 5.74) is 2.43. The molecule has 0 aliphatic heterocycles. The topological polar surface area (TPSA) is 25.8 Å². The first-order valence-electron chi connectivity index (χ1n) is 4.38. The average Bonchev–Trinajstić information content (AvgIpc) is 2.66. The van der Waals surface area contributed by atoms with E-state index >= 15 is 0 Å². The summed E-state index contributed by atoms with van der Waals surface area (Å²) in [5.74, 6) is 1.14. The van der Waals surface area contributed by atoms with Gasteiger partial charge >= 0.3 is 0 Å². The molecule has 0 unspecified atom stereocenters. The van der Waals surface area contributed by atoms with Gasteiger partial charge in [0.2, 0.25) is 0 Å². The molecule has 2 aliphatic rings. The standard InChI is InChI=1S/C9H8Br2N2/c10-6-4-3-5(7(6)11)9-8(4)12-1-2-13-9/h1-2,4-7H,3H2/t4-,5+,6-,7-/m0/s1. The predicted molar refractivity (Wildman–Crippen MR) is 57.6 cm³/mol. The quantitative estimate of drug-likeness (QED) is 0.689. The third-order valence-corrected chi connectivity index (χ3v) is 6.16. The smallest absolute Gasteiger partial charge is 0.0664 e. The molecule has 0 saturated heterocycles.